The van der Waals surface area contributed by atoms with Crippen molar-refractivity contribution >= 4 is 11.9 Å². The molecular formula is C14H25NO4. The second kappa shape index (κ2) is 5.49. The van der Waals surface area contributed by atoms with Gasteiger partial charge in [0.25, 0.3) is 0 Å². The molecule has 1 fully saturated rings. The van der Waals surface area contributed by atoms with E-state index in [-0.39, 0.29) is 24.0 Å². The average molecular weight is 271 g/mol. The Bertz CT molecular complexity index is 351. The maximum Gasteiger partial charge on any atom is 0.410 e. The number of rotatable bonds is 1. The first-order valence-corrected chi connectivity index (χ1v) is 6.64. The van der Waals surface area contributed by atoms with Gasteiger partial charge < -0.3 is 9.47 Å². The summed E-state index contributed by atoms with van der Waals surface area (Å²) in [7, 11) is 0. The fraction of sp³-hybridized carbons (Fsp3) is 0.857. The molecule has 1 aliphatic rings. The average Bonchev–Trinajstić information content (AvgIpc) is 2.10. The van der Waals surface area contributed by atoms with Crippen molar-refractivity contribution in [3.8, 4) is 0 Å². The number of ether oxygens (including phenoxy) is 2. The second-order valence-corrected chi connectivity index (χ2v) is 6.96. The molecule has 1 amide bonds. The lowest BCUT2D eigenvalue weighted by Crippen LogP contribution is -2.50. The second-order valence-electron chi connectivity index (χ2n) is 6.96. The minimum absolute atomic E-state index is 0.00589. The Labute approximate surface area is 115 Å². The fourth-order valence-electron chi connectivity index (χ4n) is 1.95. The third-order valence-electron chi connectivity index (χ3n) is 2.42. The number of ketones is 1. The summed E-state index contributed by atoms with van der Waals surface area (Å²) in [6.07, 6.45) is -0.354. The summed E-state index contributed by atoms with van der Waals surface area (Å²) in [4.78, 5) is 25.1. The Morgan fingerprint density at radius 1 is 1.16 bits per heavy atom. The third kappa shape index (κ3) is 6.05. The topological polar surface area (TPSA) is 55.8 Å². The summed E-state index contributed by atoms with van der Waals surface area (Å²) in [5.74, 6) is 0.00589. The van der Waals surface area contributed by atoms with Crippen LogP contribution >= 0.6 is 0 Å². The molecule has 0 radical (unpaired) electrons. The highest BCUT2D eigenvalue weighted by atomic mass is 16.6. The van der Waals surface area contributed by atoms with Crippen LogP contribution in [0.2, 0.25) is 0 Å². The molecule has 5 heteroatoms. The van der Waals surface area contributed by atoms with Crippen LogP contribution in [0.25, 0.3) is 0 Å². The molecular weight excluding hydrogens is 246 g/mol. The van der Waals surface area contributed by atoms with Gasteiger partial charge in [-0.25, -0.2) is 4.79 Å². The summed E-state index contributed by atoms with van der Waals surface area (Å²) < 4.78 is 11.1. The lowest BCUT2D eigenvalue weighted by atomic mass is 10.1. The molecule has 0 unspecified atom stereocenters. The SMILES string of the molecule is CC(C)(C)OC(=O)N1CC(=O)C[C@@H](OC(C)(C)C)C1. The first-order chi connectivity index (χ1) is 8.46. The minimum atomic E-state index is -0.558. The number of carbonyl (C=O) groups excluding carboxylic acids is 2. The molecule has 5 nitrogen and oxygen atoms in total. The summed E-state index contributed by atoms with van der Waals surface area (Å²) in [5, 5.41) is 0. The summed E-state index contributed by atoms with van der Waals surface area (Å²) in [5.41, 5.74) is -0.889. The van der Waals surface area contributed by atoms with Crippen LogP contribution in [0.15, 0.2) is 0 Å². The van der Waals surface area contributed by atoms with Crippen LogP contribution in [-0.2, 0) is 14.3 Å². The van der Waals surface area contributed by atoms with Crippen LogP contribution < -0.4 is 0 Å². The van der Waals surface area contributed by atoms with Crippen molar-refractivity contribution in [2.75, 3.05) is 13.1 Å². The molecule has 0 aromatic rings. The maximum atomic E-state index is 12.0. The first-order valence-electron chi connectivity index (χ1n) is 6.64. The van der Waals surface area contributed by atoms with Crippen molar-refractivity contribution in [1.29, 1.82) is 0 Å². The third-order valence-corrected chi connectivity index (χ3v) is 2.42. The molecule has 0 aromatic carbocycles. The molecule has 0 N–H and O–H groups in total. The number of likely N-dealkylation sites (tertiary alicyclic amines) is 1. The van der Waals surface area contributed by atoms with E-state index in [9.17, 15) is 9.59 Å². The molecule has 1 atom stereocenters. The molecule has 0 spiro atoms. The number of hydrogen-bond donors (Lipinski definition) is 0. The molecule has 19 heavy (non-hydrogen) atoms. The monoisotopic (exact) mass is 271 g/mol. The number of hydrogen-bond acceptors (Lipinski definition) is 4. The van der Waals surface area contributed by atoms with Gasteiger partial charge in [0.05, 0.1) is 24.8 Å². The van der Waals surface area contributed by atoms with E-state index in [2.05, 4.69) is 0 Å². The minimum Gasteiger partial charge on any atom is -0.444 e. The molecule has 1 saturated heterocycles. The van der Waals surface area contributed by atoms with Crippen molar-refractivity contribution in [2.24, 2.45) is 0 Å². The van der Waals surface area contributed by atoms with Gasteiger partial charge in [-0.15, -0.1) is 0 Å². The highest BCUT2D eigenvalue weighted by Crippen LogP contribution is 2.19. The van der Waals surface area contributed by atoms with E-state index in [4.69, 9.17) is 9.47 Å². The van der Waals surface area contributed by atoms with Crippen molar-refractivity contribution < 1.29 is 19.1 Å². The number of nitrogens with zero attached hydrogens (tertiary/aromatic N) is 1. The predicted octanol–water partition coefficient (Wildman–Crippen LogP) is 2.38. The zero-order valence-corrected chi connectivity index (χ0v) is 12.8. The molecule has 0 aliphatic carbocycles. The van der Waals surface area contributed by atoms with Crippen molar-refractivity contribution in [1.82, 2.24) is 4.90 Å². The van der Waals surface area contributed by atoms with Gasteiger partial charge in [0.2, 0.25) is 0 Å². The van der Waals surface area contributed by atoms with Gasteiger partial charge in [0, 0.05) is 6.42 Å². The van der Waals surface area contributed by atoms with Crippen molar-refractivity contribution in [2.45, 2.75) is 65.3 Å². The standard InChI is InChI=1S/C14H25NO4/c1-13(2,3)18-11-7-10(16)8-15(9-11)12(17)19-14(4,5)6/h11H,7-9H2,1-6H3/t11-/m1/s1. The van der Waals surface area contributed by atoms with Crippen LogP contribution in [0.5, 0.6) is 0 Å². The van der Waals surface area contributed by atoms with Gasteiger partial charge in [-0.1, -0.05) is 0 Å². The van der Waals surface area contributed by atoms with E-state index in [0.717, 1.165) is 0 Å². The molecule has 1 heterocycles. The lowest BCUT2D eigenvalue weighted by Gasteiger charge is -2.36. The van der Waals surface area contributed by atoms with Gasteiger partial charge in [-0.05, 0) is 41.5 Å². The van der Waals surface area contributed by atoms with E-state index >= 15 is 0 Å². The van der Waals surface area contributed by atoms with Crippen LogP contribution in [0.1, 0.15) is 48.0 Å². The van der Waals surface area contributed by atoms with E-state index in [1.165, 1.54) is 4.90 Å². The molecule has 0 bridgehead atoms. The fourth-order valence-corrected chi connectivity index (χ4v) is 1.95. The van der Waals surface area contributed by atoms with Crippen molar-refractivity contribution in [3.63, 3.8) is 0 Å². The molecule has 0 aromatic heterocycles. The van der Waals surface area contributed by atoms with Crippen LogP contribution in [0.3, 0.4) is 0 Å². The van der Waals surface area contributed by atoms with Crippen LogP contribution in [-0.4, -0.2) is 47.2 Å². The predicted molar refractivity (Wildman–Crippen MR) is 72.1 cm³/mol. The number of carbonyl (C=O) groups is 2. The molecule has 110 valence electrons. The number of amides is 1. The van der Waals surface area contributed by atoms with E-state index in [1.807, 2.05) is 20.8 Å². The van der Waals surface area contributed by atoms with Crippen LogP contribution in [0.4, 0.5) is 4.79 Å². The Morgan fingerprint density at radius 2 is 1.74 bits per heavy atom. The first kappa shape index (κ1) is 16.0. The Balaban J connectivity index is 2.65. The van der Waals surface area contributed by atoms with E-state index in [1.54, 1.807) is 20.8 Å². The van der Waals surface area contributed by atoms with Gasteiger partial charge in [0.15, 0.2) is 5.78 Å². The number of Topliss-reactive ketones (excluding diaryl/α,β-unsaturated/α-hetero) is 1. The smallest absolute Gasteiger partial charge is 0.410 e. The Hall–Kier alpha value is -1.10. The van der Waals surface area contributed by atoms with E-state index < -0.39 is 11.7 Å². The zero-order valence-electron chi connectivity index (χ0n) is 12.8. The maximum absolute atomic E-state index is 12.0. The Morgan fingerprint density at radius 3 is 2.21 bits per heavy atom. The normalized spacial score (nSPS) is 21.5. The zero-order chi connectivity index (χ0) is 14.8. The number of piperidine rings is 1. The lowest BCUT2D eigenvalue weighted by molar-refractivity contribution is -0.134. The highest BCUT2D eigenvalue weighted by Gasteiger charge is 2.33. The van der Waals surface area contributed by atoms with Gasteiger partial charge in [-0.3, -0.25) is 9.69 Å². The van der Waals surface area contributed by atoms with Gasteiger partial charge in [0.1, 0.15) is 5.60 Å². The molecule has 1 aliphatic heterocycles. The quantitative estimate of drug-likeness (QED) is 0.734. The summed E-state index contributed by atoms with van der Waals surface area (Å²) in [6.45, 7) is 11.7. The largest absolute Gasteiger partial charge is 0.444 e. The van der Waals surface area contributed by atoms with E-state index in [0.29, 0.717) is 13.0 Å². The van der Waals surface area contributed by atoms with Gasteiger partial charge >= 0.3 is 6.09 Å². The van der Waals surface area contributed by atoms with Crippen molar-refractivity contribution in [3.05, 3.63) is 0 Å². The van der Waals surface area contributed by atoms with Crippen LogP contribution in [0, 0.1) is 0 Å². The molecule has 0 saturated carbocycles. The summed E-state index contributed by atoms with van der Waals surface area (Å²) in [6, 6.07) is 0. The molecule has 1 rings (SSSR count). The summed E-state index contributed by atoms with van der Waals surface area (Å²) >= 11 is 0. The highest BCUT2D eigenvalue weighted by molar-refractivity contribution is 5.85. The van der Waals surface area contributed by atoms with Gasteiger partial charge in [-0.2, -0.15) is 0 Å². The Kier molecular flexibility index (Phi) is 4.61.